The Bertz CT molecular complexity index is 1800. The molecule has 4 aromatic rings. The van der Waals surface area contributed by atoms with Gasteiger partial charge in [0.2, 0.25) is 5.13 Å². The number of rotatable bonds is 8. The summed E-state index contributed by atoms with van der Waals surface area (Å²) in [4.78, 5) is 32.3. The molecule has 23 heteroatoms. The van der Waals surface area contributed by atoms with Crippen molar-refractivity contribution in [1.82, 2.24) is 23.6 Å². The number of halogens is 6. The molecule has 14 nitrogen and oxygen atoms in total. The molecule has 0 atom stereocenters. The minimum absolute atomic E-state index is 0.0694. The van der Waals surface area contributed by atoms with E-state index in [2.05, 4.69) is 24.6 Å². The predicted octanol–water partition coefficient (Wildman–Crippen LogP) is 5.66. The lowest BCUT2D eigenvalue weighted by Crippen LogP contribution is -2.41. The zero-order valence-corrected chi connectivity index (χ0v) is 27.4. The van der Waals surface area contributed by atoms with Crippen LogP contribution < -0.4 is 15.2 Å². The monoisotopic (exact) mass is 769 g/mol. The highest BCUT2D eigenvalue weighted by atomic mass is 32.2. The van der Waals surface area contributed by atoms with Crippen molar-refractivity contribution < 1.29 is 59.3 Å². The fourth-order valence-electron chi connectivity index (χ4n) is 3.72. The number of alkyl halides is 6. The average molecular weight is 770 g/mol. The molecule has 0 amide bonds. The van der Waals surface area contributed by atoms with Gasteiger partial charge < -0.3 is 20.3 Å². The van der Waals surface area contributed by atoms with Crippen LogP contribution in [0.4, 0.5) is 37.3 Å². The van der Waals surface area contributed by atoms with E-state index in [1.54, 1.807) is 12.4 Å². The number of anilines is 2. The number of carboxylic acids is 2. The van der Waals surface area contributed by atoms with Gasteiger partial charge in [0.05, 0.1) is 0 Å². The third-order valence-corrected chi connectivity index (χ3v) is 8.63. The second-order valence-corrected chi connectivity index (χ2v) is 13.0. The van der Waals surface area contributed by atoms with Gasteiger partial charge in [-0.15, -0.1) is 0 Å². The van der Waals surface area contributed by atoms with Gasteiger partial charge in [-0.25, -0.2) is 29.7 Å². The maximum absolute atomic E-state index is 11.6. The summed E-state index contributed by atoms with van der Waals surface area (Å²) < 4.78 is 98.5. The number of para-hydroxylation sites is 1. The van der Waals surface area contributed by atoms with Crippen LogP contribution >= 0.6 is 23.3 Å². The molecule has 1 saturated heterocycles. The lowest BCUT2D eigenvalue weighted by Gasteiger charge is -2.28. The Morgan fingerprint density at radius 2 is 1.54 bits per heavy atom. The molecule has 0 bridgehead atoms. The Morgan fingerprint density at radius 3 is 2.06 bits per heavy atom. The van der Waals surface area contributed by atoms with Crippen molar-refractivity contribution in [2.45, 2.75) is 41.0 Å². The molecule has 0 radical (unpaired) electrons. The summed E-state index contributed by atoms with van der Waals surface area (Å²) in [5.41, 5.74) is 0. The van der Waals surface area contributed by atoms with Crippen molar-refractivity contribution in [3.05, 3.63) is 72.8 Å². The molecule has 270 valence electrons. The molecule has 50 heavy (non-hydrogen) atoms. The van der Waals surface area contributed by atoms with E-state index in [0.717, 1.165) is 9.92 Å². The van der Waals surface area contributed by atoms with Gasteiger partial charge in [-0.2, -0.15) is 43.4 Å². The smallest absolute Gasteiger partial charge is 0.475 e. The molecule has 5 N–H and O–H groups in total. The number of pyridine rings is 2. The summed E-state index contributed by atoms with van der Waals surface area (Å²) in [5.74, 6) is -3.03. The molecular weight excluding hydrogens is 745 g/mol. The summed E-state index contributed by atoms with van der Waals surface area (Å²) in [6, 6.07) is 17.1. The number of carboxylic acid groups (broad SMARTS) is 2. The zero-order valence-electron chi connectivity index (χ0n) is 25.0. The van der Waals surface area contributed by atoms with Gasteiger partial charge in [0.25, 0.3) is 10.2 Å². The molecule has 0 unspecified atom stereocenters. The Balaban J connectivity index is 0.000000408. The Labute approximate surface area is 287 Å². The fourth-order valence-corrected chi connectivity index (χ4v) is 5.86. The van der Waals surface area contributed by atoms with Gasteiger partial charge in [-0.3, -0.25) is 0 Å². The highest BCUT2D eigenvalue weighted by Crippen LogP contribution is 2.36. The first kappa shape index (κ1) is 39.9. The van der Waals surface area contributed by atoms with Gasteiger partial charge in [0.1, 0.15) is 16.6 Å². The number of aliphatic carboxylic acids is 2. The average Bonchev–Trinajstić information content (AvgIpc) is 3.51. The predicted molar refractivity (Wildman–Crippen MR) is 166 cm³/mol. The summed E-state index contributed by atoms with van der Waals surface area (Å²) in [7, 11) is -3.67. The van der Waals surface area contributed by atoms with Crippen LogP contribution in [-0.4, -0.2) is 79.6 Å². The zero-order chi connectivity index (χ0) is 37.1. The number of piperidine rings is 1. The number of nitrogens with one attached hydrogen (secondary N) is 1. The highest BCUT2D eigenvalue weighted by molar-refractivity contribution is 7.99. The first-order valence-electron chi connectivity index (χ1n) is 13.6. The second kappa shape index (κ2) is 17.4. The maximum Gasteiger partial charge on any atom is 0.490 e. The minimum Gasteiger partial charge on any atom is -0.475 e. The second-order valence-electron chi connectivity index (χ2n) is 9.61. The van der Waals surface area contributed by atoms with Crippen molar-refractivity contribution in [2.24, 2.45) is 5.14 Å². The van der Waals surface area contributed by atoms with Crippen LogP contribution in [0.1, 0.15) is 24.6 Å². The van der Waals surface area contributed by atoms with Crippen molar-refractivity contribution in [3.63, 3.8) is 0 Å². The van der Waals surface area contributed by atoms with Gasteiger partial charge in [0, 0.05) is 53.9 Å². The van der Waals surface area contributed by atoms with Gasteiger partial charge in [0.15, 0.2) is 11.6 Å². The van der Waals surface area contributed by atoms with E-state index in [0.29, 0.717) is 54.2 Å². The Kier molecular flexibility index (Phi) is 13.9. The van der Waals surface area contributed by atoms with Crippen molar-refractivity contribution in [1.29, 1.82) is 0 Å². The summed E-state index contributed by atoms with van der Waals surface area (Å²) >= 11 is 2.72. The molecular formula is C27H25F6N7O7S3. The van der Waals surface area contributed by atoms with Crippen LogP contribution in [0.3, 0.4) is 0 Å². The van der Waals surface area contributed by atoms with Crippen LogP contribution in [0, 0.1) is 0 Å². The first-order chi connectivity index (χ1) is 23.3. The lowest BCUT2D eigenvalue weighted by atomic mass is 9.98. The Morgan fingerprint density at radius 1 is 0.960 bits per heavy atom. The van der Waals surface area contributed by atoms with Crippen LogP contribution in [-0.2, 0) is 19.8 Å². The number of hydrogen-bond donors (Lipinski definition) is 4. The van der Waals surface area contributed by atoms with Crippen molar-refractivity contribution >= 4 is 56.4 Å². The SMILES string of the molecule is NS(=O)(=O)N1CCC(c2nsc(Nc3ncc(Sc4ccccn4)cc3Oc3ccccc3)n2)CC1.O=C(O)C(F)(F)F.O=C(O)C(F)(F)F. The number of hydrogen-bond acceptors (Lipinski definition) is 12. The molecule has 0 saturated carbocycles. The number of benzene rings is 1. The van der Waals surface area contributed by atoms with Gasteiger partial charge >= 0.3 is 24.3 Å². The molecule has 1 aliphatic heterocycles. The van der Waals surface area contributed by atoms with E-state index in [1.165, 1.54) is 27.6 Å². The van der Waals surface area contributed by atoms with E-state index in [4.69, 9.17) is 29.7 Å². The molecule has 3 aromatic heterocycles. The first-order valence-corrected chi connectivity index (χ1v) is 16.7. The number of ether oxygens (including phenoxy) is 1. The molecule has 0 aliphatic carbocycles. The largest absolute Gasteiger partial charge is 0.490 e. The molecule has 1 aromatic carbocycles. The Hall–Kier alpha value is -4.58. The van der Waals surface area contributed by atoms with E-state index in [-0.39, 0.29) is 5.92 Å². The number of nitrogens with two attached hydrogens (primary N) is 1. The topological polar surface area (TPSA) is 211 Å². The third kappa shape index (κ3) is 13.0. The van der Waals surface area contributed by atoms with Crippen molar-refractivity contribution in [3.8, 4) is 11.5 Å². The highest BCUT2D eigenvalue weighted by Gasteiger charge is 2.39. The standard InChI is InChI=1S/C23H23N7O3S3.2C2HF3O2/c24-36(31,32)30-12-9-16(10-13-30)21-27-23(35-29-21)28-22-19(33-17-6-2-1-3-7-17)14-18(15-26-22)34-20-8-4-5-11-25-20;2*3-2(4,5)1(6)7/h1-8,11,14-16H,9-10,12-13H2,(H2,24,31,32)(H,26,27,28,29);2*(H,6,7). The molecule has 0 spiro atoms. The number of nitrogens with zero attached hydrogens (tertiary/aromatic N) is 5. The lowest BCUT2D eigenvalue weighted by molar-refractivity contribution is -0.193. The van der Waals surface area contributed by atoms with Crippen LogP contribution in [0.25, 0.3) is 0 Å². The summed E-state index contributed by atoms with van der Waals surface area (Å²) in [6.07, 6.45) is -5.43. The third-order valence-electron chi connectivity index (χ3n) is 5.99. The van der Waals surface area contributed by atoms with E-state index < -0.39 is 34.5 Å². The fraction of sp³-hybridized carbons (Fsp3) is 0.259. The summed E-state index contributed by atoms with van der Waals surface area (Å²) in [6.45, 7) is 0.717. The number of carbonyl (C=O) groups is 2. The molecule has 4 heterocycles. The minimum atomic E-state index is -5.08. The molecule has 1 fully saturated rings. The molecule has 1 aliphatic rings. The van der Waals surface area contributed by atoms with E-state index >= 15 is 0 Å². The van der Waals surface area contributed by atoms with E-state index in [1.807, 2.05) is 54.6 Å². The quantitative estimate of drug-likeness (QED) is 0.160. The van der Waals surface area contributed by atoms with Gasteiger partial charge in [-0.05, 0) is 37.1 Å². The van der Waals surface area contributed by atoms with Crippen LogP contribution in [0.15, 0.2) is 76.9 Å². The van der Waals surface area contributed by atoms with Crippen LogP contribution in [0.2, 0.25) is 0 Å². The maximum atomic E-state index is 11.6. The molecule has 5 rings (SSSR count). The van der Waals surface area contributed by atoms with Gasteiger partial charge in [-0.1, -0.05) is 36.0 Å². The van der Waals surface area contributed by atoms with Crippen LogP contribution in [0.5, 0.6) is 11.5 Å². The van der Waals surface area contributed by atoms with Crippen molar-refractivity contribution in [2.75, 3.05) is 18.4 Å². The number of aromatic nitrogens is 4. The normalized spacial score (nSPS) is 14.0. The summed E-state index contributed by atoms with van der Waals surface area (Å²) in [5, 5.41) is 24.2. The van der Waals surface area contributed by atoms with E-state index in [9.17, 15) is 34.8 Å².